The van der Waals surface area contributed by atoms with Crippen molar-refractivity contribution < 1.29 is 0 Å². The first-order chi connectivity index (χ1) is 30.8. The average molecular weight is 790 g/mol. The molecule has 0 bridgehead atoms. The van der Waals surface area contributed by atoms with E-state index in [1.807, 2.05) is 60.7 Å². The predicted molar refractivity (Wildman–Crippen MR) is 256 cm³/mol. The maximum atomic E-state index is 5.05. The second-order valence-corrected chi connectivity index (χ2v) is 15.9. The van der Waals surface area contributed by atoms with Crippen molar-refractivity contribution in [2.45, 2.75) is 0 Å². The van der Waals surface area contributed by atoms with E-state index in [2.05, 4.69) is 161 Å². The lowest BCUT2D eigenvalue weighted by Gasteiger charge is -2.13. The lowest BCUT2D eigenvalue weighted by atomic mass is 9.93. The standard InChI is InChI=1S/C57H35N5/c1-5-18-36(19-6-1)48-50-44-27-13-14-28-45(44)53-51-49-43(42-26-15-16-30-46(42)62(54(50)51)52(48)37-20-7-2-8-21-37)29-17-31-47(49)61(53)41-34-32-40(33-35-41)57-59-55(38-22-9-3-10-23-38)58-56(60-57)39-24-11-4-12-25-39/h1-35H. The van der Waals surface area contributed by atoms with Gasteiger partial charge in [0.2, 0.25) is 0 Å². The Morgan fingerprint density at radius 2 is 0.742 bits per heavy atom. The predicted octanol–water partition coefficient (Wildman–Crippen LogP) is 14.5. The van der Waals surface area contributed by atoms with Crippen LogP contribution in [0.1, 0.15) is 0 Å². The van der Waals surface area contributed by atoms with Gasteiger partial charge in [0.25, 0.3) is 0 Å². The highest BCUT2D eigenvalue weighted by Gasteiger charge is 2.29. The van der Waals surface area contributed by atoms with Crippen molar-refractivity contribution in [3.05, 3.63) is 212 Å². The lowest BCUT2D eigenvalue weighted by Crippen LogP contribution is -2.00. The van der Waals surface area contributed by atoms with Gasteiger partial charge in [0.15, 0.2) is 17.5 Å². The van der Waals surface area contributed by atoms with Gasteiger partial charge in [0, 0.05) is 54.9 Å². The van der Waals surface area contributed by atoms with Crippen LogP contribution >= 0.6 is 0 Å². The Balaban J connectivity index is 1.14. The zero-order valence-corrected chi connectivity index (χ0v) is 33.4. The molecule has 0 atom stereocenters. The Labute approximate surface area is 356 Å². The summed E-state index contributed by atoms with van der Waals surface area (Å²) in [7, 11) is 0. The van der Waals surface area contributed by atoms with Gasteiger partial charge in [-0.15, -0.1) is 0 Å². The second kappa shape index (κ2) is 13.6. The highest BCUT2D eigenvalue weighted by molar-refractivity contribution is 6.39. The molecule has 0 N–H and O–H groups in total. The largest absolute Gasteiger partial charge is 0.309 e. The van der Waals surface area contributed by atoms with Crippen LogP contribution < -0.4 is 0 Å². The summed E-state index contributed by atoms with van der Waals surface area (Å²) >= 11 is 0. The quantitative estimate of drug-likeness (QED) is 0.169. The van der Waals surface area contributed by atoms with Crippen molar-refractivity contribution in [3.8, 4) is 62.2 Å². The molecule has 0 aliphatic carbocycles. The fourth-order valence-corrected chi connectivity index (χ4v) is 9.89. The number of para-hydroxylation sites is 1. The molecule has 62 heavy (non-hydrogen) atoms. The van der Waals surface area contributed by atoms with Crippen molar-refractivity contribution in [1.29, 1.82) is 0 Å². The van der Waals surface area contributed by atoms with Gasteiger partial charge in [-0.05, 0) is 58.3 Å². The van der Waals surface area contributed by atoms with Crippen LogP contribution in [0.4, 0.5) is 0 Å². The van der Waals surface area contributed by atoms with Crippen LogP contribution in [0.25, 0.3) is 122 Å². The van der Waals surface area contributed by atoms with Gasteiger partial charge in [-0.3, -0.25) is 0 Å². The second-order valence-electron chi connectivity index (χ2n) is 15.9. The summed E-state index contributed by atoms with van der Waals surface area (Å²) in [6.07, 6.45) is 0. The van der Waals surface area contributed by atoms with E-state index < -0.39 is 0 Å². The Morgan fingerprint density at radius 3 is 1.35 bits per heavy atom. The van der Waals surface area contributed by atoms with Gasteiger partial charge in [-0.1, -0.05) is 176 Å². The highest BCUT2D eigenvalue weighted by atomic mass is 15.0. The van der Waals surface area contributed by atoms with Crippen molar-refractivity contribution >= 4 is 59.8 Å². The first-order valence-corrected chi connectivity index (χ1v) is 21.0. The number of hydrogen-bond donors (Lipinski definition) is 0. The molecule has 13 aromatic rings. The van der Waals surface area contributed by atoms with Gasteiger partial charge in [0.05, 0.1) is 27.8 Å². The molecule has 0 amide bonds. The minimum Gasteiger partial charge on any atom is -0.309 e. The molecule has 0 aliphatic rings. The summed E-state index contributed by atoms with van der Waals surface area (Å²) < 4.78 is 5.05. The van der Waals surface area contributed by atoms with Crippen LogP contribution in [0, 0.1) is 0 Å². The third-order valence-corrected chi connectivity index (χ3v) is 12.5. The number of aromatic nitrogens is 5. The van der Waals surface area contributed by atoms with Gasteiger partial charge in [0.1, 0.15) is 0 Å². The molecule has 0 aliphatic heterocycles. The third kappa shape index (κ3) is 5.06. The SMILES string of the molecule is c1ccc(-c2nc(-c3ccccc3)nc(-c3ccc(-n4c5cccc6c7ccccc7n7c(-c8ccccc8)c(-c8ccccc8)c8c9ccccc9c4c(c65)c87)cc3)n2)cc1. The molecular weight excluding hydrogens is 755 g/mol. The van der Waals surface area contributed by atoms with E-state index in [0.717, 1.165) is 27.9 Å². The number of fused-ring (bicyclic) bond motifs is 6. The van der Waals surface area contributed by atoms with E-state index in [4.69, 9.17) is 15.0 Å². The molecule has 4 heterocycles. The van der Waals surface area contributed by atoms with Crippen LogP contribution in [0.5, 0.6) is 0 Å². The van der Waals surface area contributed by atoms with Crippen LogP contribution in [0.15, 0.2) is 212 Å². The van der Waals surface area contributed by atoms with Gasteiger partial charge in [-0.25, -0.2) is 15.0 Å². The molecule has 288 valence electrons. The maximum Gasteiger partial charge on any atom is 0.164 e. The zero-order chi connectivity index (χ0) is 40.7. The molecule has 5 nitrogen and oxygen atoms in total. The van der Waals surface area contributed by atoms with E-state index in [9.17, 15) is 0 Å². The minimum absolute atomic E-state index is 0.631. The minimum atomic E-state index is 0.631. The number of nitrogens with zero attached hydrogens (tertiary/aromatic N) is 5. The van der Waals surface area contributed by atoms with Crippen LogP contribution in [0.2, 0.25) is 0 Å². The topological polar surface area (TPSA) is 48.0 Å². The smallest absolute Gasteiger partial charge is 0.164 e. The Morgan fingerprint density at radius 1 is 0.290 bits per heavy atom. The monoisotopic (exact) mass is 789 g/mol. The average Bonchev–Trinajstić information content (AvgIpc) is 3.86. The maximum absolute atomic E-state index is 5.05. The molecule has 13 rings (SSSR count). The lowest BCUT2D eigenvalue weighted by molar-refractivity contribution is 1.07. The molecule has 0 unspecified atom stereocenters. The Kier molecular flexibility index (Phi) is 7.54. The van der Waals surface area contributed by atoms with Gasteiger partial charge in [-0.2, -0.15) is 0 Å². The molecule has 5 heteroatoms. The molecule has 4 aromatic heterocycles. The number of benzene rings is 9. The summed E-state index contributed by atoms with van der Waals surface area (Å²) in [6.45, 7) is 0. The van der Waals surface area contributed by atoms with Crippen LogP contribution in [0.3, 0.4) is 0 Å². The summed E-state index contributed by atoms with van der Waals surface area (Å²) in [5.74, 6) is 1.92. The zero-order valence-electron chi connectivity index (χ0n) is 33.4. The molecule has 0 radical (unpaired) electrons. The molecule has 0 fully saturated rings. The molecule has 0 saturated heterocycles. The van der Waals surface area contributed by atoms with Crippen LogP contribution in [-0.2, 0) is 0 Å². The fraction of sp³-hybridized carbons (Fsp3) is 0. The third-order valence-electron chi connectivity index (χ3n) is 12.5. The van der Waals surface area contributed by atoms with Crippen molar-refractivity contribution in [2.75, 3.05) is 0 Å². The normalized spacial score (nSPS) is 11.9. The molecule has 0 spiro atoms. The highest BCUT2D eigenvalue weighted by Crippen LogP contribution is 2.52. The van der Waals surface area contributed by atoms with E-state index in [0.29, 0.717) is 17.5 Å². The van der Waals surface area contributed by atoms with Crippen molar-refractivity contribution in [2.24, 2.45) is 0 Å². The van der Waals surface area contributed by atoms with Crippen molar-refractivity contribution in [1.82, 2.24) is 23.9 Å². The summed E-state index contributed by atoms with van der Waals surface area (Å²) in [5.41, 5.74) is 13.4. The molecular formula is C57H35N5. The summed E-state index contributed by atoms with van der Waals surface area (Å²) in [4.78, 5) is 15.0. The van der Waals surface area contributed by atoms with E-state index >= 15 is 0 Å². The molecule has 9 aromatic carbocycles. The first-order valence-electron chi connectivity index (χ1n) is 21.0. The summed E-state index contributed by atoms with van der Waals surface area (Å²) in [5, 5.41) is 8.63. The molecule has 0 saturated carbocycles. The number of rotatable bonds is 6. The first kappa shape index (κ1) is 34.5. The van der Waals surface area contributed by atoms with E-state index in [1.54, 1.807) is 0 Å². The van der Waals surface area contributed by atoms with E-state index in [1.165, 1.54) is 76.6 Å². The van der Waals surface area contributed by atoms with Gasteiger partial charge < -0.3 is 8.97 Å². The van der Waals surface area contributed by atoms with Gasteiger partial charge >= 0.3 is 0 Å². The Bertz CT molecular complexity index is 3760. The number of hydrogen-bond acceptors (Lipinski definition) is 3. The van der Waals surface area contributed by atoms with Crippen LogP contribution in [-0.4, -0.2) is 23.9 Å². The fourth-order valence-electron chi connectivity index (χ4n) is 9.89. The van der Waals surface area contributed by atoms with E-state index in [-0.39, 0.29) is 0 Å². The Hall–Kier alpha value is -8.41. The summed E-state index contributed by atoms with van der Waals surface area (Å²) in [6, 6.07) is 75.6. The van der Waals surface area contributed by atoms with Crippen molar-refractivity contribution in [3.63, 3.8) is 0 Å².